The van der Waals surface area contributed by atoms with E-state index in [1.807, 2.05) is 18.2 Å². The van der Waals surface area contributed by atoms with E-state index in [9.17, 15) is 4.79 Å². The van der Waals surface area contributed by atoms with Crippen molar-refractivity contribution < 1.29 is 14.6 Å². The summed E-state index contributed by atoms with van der Waals surface area (Å²) in [7, 11) is 1.71. The Morgan fingerprint density at radius 3 is 2.52 bits per heavy atom. The molecule has 0 aliphatic carbocycles. The summed E-state index contributed by atoms with van der Waals surface area (Å²) in [5.74, 6) is -0.771. The van der Waals surface area contributed by atoms with Crippen molar-refractivity contribution in [3.8, 4) is 0 Å². The van der Waals surface area contributed by atoms with Crippen LogP contribution in [0.2, 0.25) is 0 Å². The summed E-state index contributed by atoms with van der Waals surface area (Å²) < 4.78 is 5.51. The van der Waals surface area contributed by atoms with Crippen molar-refractivity contribution in [3.63, 3.8) is 0 Å². The first kappa shape index (κ1) is 17.5. The maximum absolute atomic E-state index is 10.9. The van der Waals surface area contributed by atoms with Gasteiger partial charge in [0.15, 0.2) is 0 Å². The normalized spacial score (nSPS) is 13.0. The number of ether oxygens (including phenoxy) is 1. The Morgan fingerprint density at radius 1 is 1.38 bits per heavy atom. The number of para-hydroxylation sites is 1. The SMILES string of the molecule is COC(C)(C)CC(C)N(CCC(=O)O)c1ccccc1C. The van der Waals surface area contributed by atoms with Crippen molar-refractivity contribution in [2.24, 2.45) is 0 Å². The van der Waals surface area contributed by atoms with Gasteiger partial charge in [-0.15, -0.1) is 0 Å². The zero-order valence-electron chi connectivity index (χ0n) is 13.7. The lowest BCUT2D eigenvalue weighted by Gasteiger charge is -2.36. The van der Waals surface area contributed by atoms with Gasteiger partial charge in [0, 0.05) is 25.4 Å². The summed E-state index contributed by atoms with van der Waals surface area (Å²) >= 11 is 0. The van der Waals surface area contributed by atoms with Crippen molar-refractivity contribution >= 4 is 11.7 Å². The van der Waals surface area contributed by atoms with Gasteiger partial charge in [-0.2, -0.15) is 0 Å². The second-order valence-corrected chi connectivity index (χ2v) is 6.14. The zero-order chi connectivity index (χ0) is 16.0. The fourth-order valence-corrected chi connectivity index (χ4v) is 2.58. The highest BCUT2D eigenvalue weighted by Gasteiger charge is 2.25. The van der Waals surface area contributed by atoms with E-state index in [1.165, 1.54) is 0 Å². The molecule has 1 aromatic carbocycles. The van der Waals surface area contributed by atoms with Crippen LogP contribution in [0.3, 0.4) is 0 Å². The molecule has 1 rings (SSSR count). The third-order valence-corrected chi connectivity index (χ3v) is 3.86. The van der Waals surface area contributed by atoms with Gasteiger partial charge in [0.05, 0.1) is 12.0 Å². The molecule has 1 N–H and O–H groups in total. The Labute approximate surface area is 127 Å². The maximum Gasteiger partial charge on any atom is 0.305 e. The monoisotopic (exact) mass is 293 g/mol. The number of rotatable bonds is 8. The van der Waals surface area contributed by atoms with Gasteiger partial charge in [-0.25, -0.2) is 0 Å². The van der Waals surface area contributed by atoms with Crippen LogP contribution >= 0.6 is 0 Å². The second kappa shape index (κ2) is 7.46. The molecule has 0 spiro atoms. The molecule has 0 heterocycles. The molecule has 0 radical (unpaired) electrons. The topological polar surface area (TPSA) is 49.8 Å². The first-order valence-electron chi connectivity index (χ1n) is 7.36. The van der Waals surface area contributed by atoms with Crippen LogP contribution in [-0.4, -0.2) is 36.4 Å². The molecule has 0 amide bonds. The van der Waals surface area contributed by atoms with Crippen LogP contribution < -0.4 is 4.90 Å². The fourth-order valence-electron chi connectivity index (χ4n) is 2.58. The molecule has 118 valence electrons. The highest BCUT2D eigenvalue weighted by Crippen LogP contribution is 2.26. The van der Waals surface area contributed by atoms with Crippen molar-refractivity contribution in [2.45, 2.75) is 52.2 Å². The third kappa shape index (κ3) is 5.38. The van der Waals surface area contributed by atoms with Crippen molar-refractivity contribution in [1.29, 1.82) is 0 Å². The third-order valence-electron chi connectivity index (χ3n) is 3.86. The van der Waals surface area contributed by atoms with Gasteiger partial charge >= 0.3 is 5.97 Å². The minimum Gasteiger partial charge on any atom is -0.481 e. The molecule has 4 nitrogen and oxygen atoms in total. The number of hydrogen-bond donors (Lipinski definition) is 1. The molecule has 0 fully saturated rings. The highest BCUT2D eigenvalue weighted by molar-refractivity contribution is 5.68. The molecule has 0 aromatic heterocycles. The molecule has 0 saturated heterocycles. The number of nitrogens with zero attached hydrogens (tertiary/aromatic N) is 1. The molecule has 0 aliphatic rings. The first-order valence-corrected chi connectivity index (χ1v) is 7.36. The van der Waals surface area contributed by atoms with Crippen LogP contribution in [-0.2, 0) is 9.53 Å². The lowest BCUT2D eigenvalue weighted by atomic mass is 9.97. The zero-order valence-corrected chi connectivity index (χ0v) is 13.7. The van der Waals surface area contributed by atoms with E-state index >= 15 is 0 Å². The summed E-state index contributed by atoms with van der Waals surface area (Å²) in [5.41, 5.74) is 2.02. The van der Waals surface area contributed by atoms with Gasteiger partial charge in [-0.3, -0.25) is 4.79 Å². The number of aliphatic carboxylic acids is 1. The Hall–Kier alpha value is -1.55. The number of anilines is 1. The molecule has 0 saturated carbocycles. The quantitative estimate of drug-likeness (QED) is 0.797. The number of methoxy groups -OCH3 is 1. The molecular formula is C17H27NO3. The molecule has 21 heavy (non-hydrogen) atoms. The van der Waals surface area contributed by atoms with Gasteiger partial charge in [0.25, 0.3) is 0 Å². The van der Waals surface area contributed by atoms with E-state index in [0.717, 1.165) is 17.7 Å². The predicted molar refractivity (Wildman–Crippen MR) is 85.9 cm³/mol. The van der Waals surface area contributed by atoms with Gasteiger partial charge < -0.3 is 14.7 Å². The summed E-state index contributed by atoms with van der Waals surface area (Å²) in [6, 6.07) is 8.29. The van der Waals surface area contributed by atoms with E-state index in [2.05, 4.69) is 38.7 Å². The van der Waals surface area contributed by atoms with Crippen molar-refractivity contribution in [1.82, 2.24) is 0 Å². The van der Waals surface area contributed by atoms with Crippen molar-refractivity contribution in [2.75, 3.05) is 18.6 Å². The van der Waals surface area contributed by atoms with Crippen LogP contribution in [0, 0.1) is 6.92 Å². The van der Waals surface area contributed by atoms with Crippen LogP contribution in [0.15, 0.2) is 24.3 Å². The van der Waals surface area contributed by atoms with E-state index in [4.69, 9.17) is 9.84 Å². The van der Waals surface area contributed by atoms with E-state index in [0.29, 0.717) is 6.54 Å². The average molecular weight is 293 g/mol. The van der Waals surface area contributed by atoms with Crippen LogP contribution in [0.4, 0.5) is 5.69 Å². The standard InChI is InChI=1S/C17H27NO3/c1-13-8-6-7-9-15(13)18(11-10-16(19)20)14(2)12-17(3,4)21-5/h6-9,14H,10-12H2,1-5H3,(H,19,20). The smallest absolute Gasteiger partial charge is 0.305 e. The number of aryl methyl sites for hydroxylation is 1. The Kier molecular flexibility index (Phi) is 6.21. The predicted octanol–water partition coefficient (Wildman–Crippen LogP) is 3.48. The fraction of sp³-hybridized carbons (Fsp3) is 0.588. The van der Waals surface area contributed by atoms with Gasteiger partial charge in [0.1, 0.15) is 0 Å². The molecule has 1 unspecified atom stereocenters. The maximum atomic E-state index is 10.9. The lowest BCUT2D eigenvalue weighted by Crippen LogP contribution is -2.40. The van der Waals surface area contributed by atoms with Crippen LogP contribution in [0.25, 0.3) is 0 Å². The number of carboxylic acids is 1. The Balaban J connectivity index is 2.97. The molecular weight excluding hydrogens is 266 g/mol. The minimum atomic E-state index is -0.771. The summed E-state index contributed by atoms with van der Waals surface area (Å²) in [5, 5.41) is 8.99. The summed E-state index contributed by atoms with van der Waals surface area (Å²) in [6.45, 7) is 8.78. The molecule has 0 bridgehead atoms. The van der Waals surface area contributed by atoms with Gasteiger partial charge in [-0.1, -0.05) is 18.2 Å². The average Bonchev–Trinajstić information content (AvgIpc) is 2.40. The number of carboxylic acid groups (broad SMARTS) is 1. The van der Waals surface area contributed by atoms with Crippen molar-refractivity contribution in [3.05, 3.63) is 29.8 Å². The number of benzene rings is 1. The van der Waals surface area contributed by atoms with E-state index in [1.54, 1.807) is 7.11 Å². The minimum absolute atomic E-state index is 0.131. The number of carbonyl (C=O) groups is 1. The Bertz CT molecular complexity index is 471. The van der Waals surface area contributed by atoms with Gasteiger partial charge in [-0.05, 0) is 45.7 Å². The molecule has 1 aromatic rings. The molecule has 1 atom stereocenters. The lowest BCUT2D eigenvalue weighted by molar-refractivity contribution is -0.136. The van der Waals surface area contributed by atoms with E-state index < -0.39 is 5.97 Å². The highest BCUT2D eigenvalue weighted by atomic mass is 16.5. The number of hydrogen-bond acceptors (Lipinski definition) is 3. The van der Waals surface area contributed by atoms with Crippen LogP contribution in [0.1, 0.15) is 39.2 Å². The summed E-state index contributed by atoms with van der Waals surface area (Å²) in [4.78, 5) is 13.1. The second-order valence-electron chi connectivity index (χ2n) is 6.14. The largest absolute Gasteiger partial charge is 0.481 e. The molecule has 4 heteroatoms. The molecule has 0 aliphatic heterocycles. The Morgan fingerprint density at radius 2 is 2.00 bits per heavy atom. The van der Waals surface area contributed by atoms with Gasteiger partial charge in [0.2, 0.25) is 0 Å². The first-order chi connectivity index (χ1) is 9.76. The van der Waals surface area contributed by atoms with Crippen LogP contribution in [0.5, 0.6) is 0 Å². The summed E-state index contributed by atoms with van der Waals surface area (Å²) in [6.07, 6.45) is 0.962. The van der Waals surface area contributed by atoms with E-state index in [-0.39, 0.29) is 18.1 Å².